The number of hydrogen-bond donors (Lipinski definition) is 5. The monoisotopic (exact) mass is 326 g/mol. The Kier molecular flexibility index (Phi) is 7.26. The molecule has 8 N–H and O–H groups in total. The van der Waals surface area contributed by atoms with Crippen LogP contribution in [0.3, 0.4) is 0 Å². The van der Waals surface area contributed by atoms with Crippen LogP contribution in [0.5, 0.6) is 0 Å². The molecule has 1 aliphatic rings. The van der Waals surface area contributed by atoms with Crippen LogP contribution < -0.4 is 27.8 Å². The Hall–Kier alpha value is -2.36. The lowest BCUT2D eigenvalue weighted by Crippen LogP contribution is -2.62. The van der Waals surface area contributed by atoms with Gasteiger partial charge in [0.1, 0.15) is 6.04 Å². The molecule has 0 spiro atoms. The molecule has 1 heterocycles. The standard InChI is InChI=1S/C13H26N8O2/c1-17-13-19-7-9(11(23)20-13)21(2)10(22)6-8(14)4-3-5-18-12(15)16/h8-9H,3-7,14H2,1-2H3,(H4,15,16,18)(H2,17,19,20,23)/t8-,9?/m1/s1. The molecule has 130 valence electrons. The first-order chi connectivity index (χ1) is 10.8. The highest BCUT2D eigenvalue weighted by molar-refractivity contribution is 6.03. The van der Waals surface area contributed by atoms with Crippen molar-refractivity contribution >= 4 is 23.7 Å². The fourth-order valence-corrected chi connectivity index (χ4v) is 2.18. The largest absolute Gasteiger partial charge is 0.370 e. The van der Waals surface area contributed by atoms with Crippen molar-refractivity contribution in [2.75, 3.05) is 27.2 Å². The highest BCUT2D eigenvalue weighted by Crippen LogP contribution is 2.07. The van der Waals surface area contributed by atoms with E-state index in [1.54, 1.807) is 14.1 Å². The van der Waals surface area contributed by atoms with E-state index in [0.29, 0.717) is 31.9 Å². The Morgan fingerprint density at radius 3 is 2.74 bits per heavy atom. The zero-order valence-corrected chi connectivity index (χ0v) is 13.6. The van der Waals surface area contributed by atoms with Crippen LogP contribution in [0.2, 0.25) is 0 Å². The van der Waals surface area contributed by atoms with Crippen LogP contribution >= 0.6 is 0 Å². The van der Waals surface area contributed by atoms with Gasteiger partial charge in [-0.2, -0.15) is 0 Å². The zero-order valence-electron chi connectivity index (χ0n) is 13.6. The van der Waals surface area contributed by atoms with E-state index in [1.807, 2.05) is 0 Å². The Morgan fingerprint density at radius 1 is 1.48 bits per heavy atom. The summed E-state index contributed by atoms with van der Waals surface area (Å²) in [4.78, 5) is 33.3. The maximum Gasteiger partial charge on any atom is 0.251 e. The van der Waals surface area contributed by atoms with Gasteiger partial charge in [-0.3, -0.25) is 24.9 Å². The summed E-state index contributed by atoms with van der Waals surface area (Å²) in [6, 6.07) is -0.881. The SMILES string of the molecule is CN=C1NCC(N(C)C(=O)C[C@H](N)CCCN=C(N)N)C(=O)N1. The van der Waals surface area contributed by atoms with Gasteiger partial charge in [-0.15, -0.1) is 0 Å². The summed E-state index contributed by atoms with van der Waals surface area (Å²) < 4.78 is 0. The number of hydrogen-bond acceptors (Lipinski definition) is 5. The van der Waals surface area contributed by atoms with Crippen LogP contribution in [0.15, 0.2) is 9.98 Å². The van der Waals surface area contributed by atoms with Gasteiger partial charge >= 0.3 is 0 Å². The number of nitrogens with zero attached hydrogens (tertiary/aromatic N) is 3. The first-order valence-corrected chi connectivity index (χ1v) is 7.43. The minimum atomic E-state index is -0.582. The Balaban J connectivity index is 2.41. The van der Waals surface area contributed by atoms with E-state index >= 15 is 0 Å². The molecule has 1 unspecified atom stereocenters. The summed E-state index contributed by atoms with van der Waals surface area (Å²) in [5, 5.41) is 5.54. The van der Waals surface area contributed by atoms with Crippen LogP contribution in [0, 0.1) is 0 Å². The Labute approximate surface area is 135 Å². The maximum atomic E-state index is 12.2. The molecule has 0 aromatic carbocycles. The first-order valence-electron chi connectivity index (χ1n) is 7.43. The van der Waals surface area contributed by atoms with Gasteiger partial charge in [0.25, 0.3) is 5.91 Å². The molecule has 10 nitrogen and oxygen atoms in total. The summed E-state index contributed by atoms with van der Waals surface area (Å²) in [5.41, 5.74) is 16.4. The van der Waals surface area contributed by atoms with Crippen LogP contribution in [-0.4, -0.2) is 67.9 Å². The zero-order chi connectivity index (χ0) is 17.4. The first kappa shape index (κ1) is 18.7. The second-order valence-corrected chi connectivity index (χ2v) is 5.38. The van der Waals surface area contributed by atoms with Crippen molar-refractivity contribution in [1.82, 2.24) is 15.5 Å². The van der Waals surface area contributed by atoms with Gasteiger partial charge < -0.3 is 27.4 Å². The van der Waals surface area contributed by atoms with Crippen molar-refractivity contribution in [2.45, 2.75) is 31.3 Å². The predicted octanol–water partition coefficient (Wildman–Crippen LogP) is -2.71. The number of nitrogens with two attached hydrogens (primary N) is 3. The highest BCUT2D eigenvalue weighted by Gasteiger charge is 2.31. The Bertz CT molecular complexity index is 486. The molecule has 1 saturated heterocycles. The van der Waals surface area contributed by atoms with E-state index in [4.69, 9.17) is 17.2 Å². The van der Waals surface area contributed by atoms with Crippen molar-refractivity contribution in [3.8, 4) is 0 Å². The normalized spacial score (nSPS) is 20.4. The second kappa shape index (κ2) is 8.93. The summed E-state index contributed by atoms with van der Waals surface area (Å²) in [6.45, 7) is 0.800. The van der Waals surface area contributed by atoms with Crippen molar-refractivity contribution in [2.24, 2.45) is 27.2 Å². The van der Waals surface area contributed by atoms with Crippen LogP contribution in [0.1, 0.15) is 19.3 Å². The summed E-state index contributed by atoms with van der Waals surface area (Å²) >= 11 is 0. The summed E-state index contributed by atoms with van der Waals surface area (Å²) in [6.07, 6.45) is 1.48. The average Bonchev–Trinajstić information content (AvgIpc) is 2.50. The third-order valence-electron chi connectivity index (χ3n) is 3.56. The van der Waals surface area contributed by atoms with Gasteiger partial charge in [-0.1, -0.05) is 0 Å². The second-order valence-electron chi connectivity index (χ2n) is 5.38. The molecule has 1 fully saturated rings. The molecular formula is C13H26N8O2. The van der Waals surface area contributed by atoms with Crippen molar-refractivity contribution in [3.63, 3.8) is 0 Å². The minimum absolute atomic E-state index is 0.0418. The van der Waals surface area contributed by atoms with E-state index in [9.17, 15) is 9.59 Å². The molecule has 0 saturated carbocycles. The van der Waals surface area contributed by atoms with Crippen molar-refractivity contribution in [3.05, 3.63) is 0 Å². The lowest BCUT2D eigenvalue weighted by Gasteiger charge is -2.32. The van der Waals surface area contributed by atoms with Gasteiger partial charge in [-0.05, 0) is 12.8 Å². The molecule has 0 bridgehead atoms. The van der Waals surface area contributed by atoms with Gasteiger partial charge in [-0.25, -0.2) is 0 Å². The van der Waals surface area contributed by atoms with Crippen LogP contribution in [0.4, 0.5) is 0 Å². The molecule has 1 rings (SSSR count). The highest BCUT2D eigenvalue weighted by atomic mass is 16.2. The lowest BCUT2D eigenvalue weighted by molar-refractivity contribution is -0.139. The maximum absolute atomic E-state index is 12.2. The van der Waals surface area contributed by atoms with E-state index in [0.717, 1.165) is 0 Å². The third-order valence-corrected chi connectivity index (χ3v) is 3.56. The van der Waals surface area contributed by atoms with Gasteiger partial charge in [0.15, 0.2) is 11.9 Å². The lowest BCUT2D eigenvalue weighted by atomic mass is 10.1. The van der Waals surface area contributed by atoms with Crippen molar-refractivity contribution < 1.29 is 9.59 Å². The van der Waals surface area contributed by atoms with Crippen LogP contribution in [0.25, 0.3) is 0 Å². The fraction of sp³-hybridized carbons (Fsp3) is 0.692. The number of likely N-dealkylation sites (N-methyl/N-ethyl adjacent to an activating group) is 1. The number of nitrogens with one attached hydrogen (secondary N) is 2. The molecule has 0 aromatic heterocycles. The smallest absolute Gasteiger partial charge is 0.251 e. The molecule has 0 radical (unpaired) electrons. The van der Waals surface area contributed by atoms with Crippen molar-refractivity contribution in [1.29, 1.82) is 0 Å². The number of carbonyl (C=O) groups excluding carboxylic acids is 2. The minimum Gasteiger partial charge on any atom is -0.370 e. The molecule has 2 atom stereocenters. The molecule has 0 aliphatic carbocycles. The van der Waals surface area contributed by atoms with E-state index in [2.05, 4.69) is 20.6 Å². The van der Waals surface area contributed by atoms with Crippen LogP contribution in [-0.2, 0) is 9.59 Å². The quantitative estimate of drug-likeness (QED) is 0.194. The third kappa shape index (κ3) is 6.10. The van der Waals surface area contributed by atoms with E-state index in [-0.39, 0.29) is 30.2 Å². The number of carbonyl (C=O) groups is 2. The fourth-order valence-electron chi connectivity index (χ4n) is 2.18. The summed E-state index contributed by atoms with van der Waals surface area (Å²) in [5.74, 6) is 0.00317. The number of rotatable bonds is 7. The molecular weight excluding hydrogens is 300 g/mol. The van der Waals surface area contributed by atoms with E-state index in [1.165, 1.54) is 4.90 Å². The van der Waals surface area contributed by atoms with Gasteiger partial charge in [0.2, 0.25) is 5.91 Å². The molecule has 10 heteroatoms. The number of aliphatic imine (C=N–C) groups is 2. The topological polar surface area (TPSA) is 164 Å². The van der Waals surface area contributed by atoms with Gasteiger partial charge in [0.05, 0.1) is 0 Å². The van der Waals surface area contributed by atoms with Gasteiger partial charge in [0, 0.05) is 39.6 Å². The molecule has 0 aromatic rings. The summed E-state index contributed by atoms with van der Waals surface area (Å²) in [7, 11) is 3.16. The Morgan fingerprint density at radius 2 is 2.17 bits per heavy atom. The molecule has 23 heavy (non-hydrogen) atoms. The predicted molar refractivity (Wildman–Crippen MR) is 88.6 cm³/mol. The number of guanidine groups is 2. The number of amides is 2. The average molecular weight is 326 g/mol. The van der Waals surface area contributed by atoms with E-state index < -0.39 is 6.04 Å². The molecule has 2 amide bonds. The molecule has 1 aliphatic heterocycles.